The summed E-state index contributed by atoms with van der Waals surface area (Å²) < 4.78 is 13.7. The highest BCUT2D eigenvalue weighted by Crippen LogP contribution is 2.20. The standard InChI is InChI=1S/C16H19ClFN3O3/c1-19(9-11-12(17)5-3-6-13(11)18)14(22)7-4-8-21-15(23)10-20(2)16(21)24/h3,5-6H,4,7-10H2,1-2H3. The van der Waals surface area contributed by atoms with Gasteiger partial charge >= 0.3 is 6.03 Å². The Kier molecular flexibility index (Phi) is 5.77. The molecule has 2 rings (SSSR count). The van der Waals surface area contributed by atoms with Crippen molar-refractivity contribution in [2.45, 2.75) is 19.4 Å². The van der Waals surface area contributed by atoms with Crippen LogP contribution in [0.25, 0.3) is 0 Å². The molecular weight excluding hydrogens is 337 g/mol. The van der Waals surface area contributed by atoms with E-state index in [4.69, 9.17) is 11.6 Å². The highest BCUT2D eigenvalue weighted by atomic mass is 35.5. The highest BCUT2D eigenvalue weighted by Gasteiger charge is 2.32. The second kappa shape index (κ2) is 7.61. The first kappa shape index (κ1) is 18.2. The second-order valence-corrected chi connectivity index (χ2v) is 6.14. The van der Waals surface area contributed by atoms with E-state index in [1.54, 1.807) is 20.2 Å². The maximum atomic E-state index is 13.7. The fourth-order valence-electron chi connectivity index (χ4n) is 2.48. The monoisotopic (exact) mass is 355 g/mol. The summed E-state index contributed by atoms with van der Waals surface area (Å²) in [6.07, 6.45) is 0.517. The van der Waals surface area contributed by atoms with Crippen LogP contribution in [0.2, 0.25) is 5.02 Å². The van der Waals surface area contributed by atoms with Crippen LogP contribution in [-0.2, 0) is 16.1 Å². The fourth-order valence-corrected chi connectivity index (χ4v) is 2.70. The van der Waals surface area contributed by atoms with Gasteiger partial charge in [0.05, 0.1) is 0 Å². The molecule has 1 heterocycles. The van der Waals surface area contributed by atoms with Gasteiger partial charge in [0.1, 0.15) is 12.4 Å². The van der Waals surface area contributed by atoms with Crippen LogP contribution in [0.1, 0.15) is 18.4 Å². The Labute approximate surface area is 144 Å². The van der Waals surface area contributed by atoms with Crippen molar-refractivity contribution >= 4 is 29.4 Å². The van der Waals surface area contributed by atoms with E-state index in [0.29, 0.717) is 6.42 Å². The lowest BCUT2D eigenvalue weighted by Crippen LogP contribution is -2.33. The van der Waals surface area contributed by atoms with Gasteiger partial charge in [0.2, 0.25) is 11.8 Å². The van der Waals surface area contributed by atoms with Crippen molar-refractivity contribution in [2.24, 2.45) is 0 Å². The van der Waals surface area contributed by atoms with E-state index in [1.807, 2.05) is 0 Å². The molecule has 0 atom stereocenters. The van der Waals surface area contributed by atoms with Gasteiger partial charge in [-0.25, -0.2) is 9.18 Å². The molecule has 0 aliphatic carbocycles. The van der Waals surface area contributed by atoms with Gasteiger partial charge in [0.25, 0.3) is 0 Å². The van der Waals surface area contributed by atoms with Crippen LogP contribution in [-0.4, -0.2) is 59.7 Å². The first-order valence-electron chi connectivity index (χ1n) is 7.53. The number of halogens is 2. The molecule has 0 saturated carbocycles. The molecule has 0 bridgehead atoms. The molecule has 1 saturated heterocycles. The Morgan fingerprint density at radius 2 is 2.08 bits per heavy atom. The Morgan fingerprint density at radius 3 is 2.67 bits per heavy atom. The number of imide groups is 1. The molecule has 1 aromatic rings. The number of carbonyl (C=O) groups is 3. The van der Waals surface area contributed by atoms with E-state index in [2.05, 4.69) is 0 Å². The summed E-state index contributed by atoms with van der Waals surface area (Å²) in [7, 11) is 3.11. The maximum Gasteiger partial charge on any atom is 0.326 e. The van der Waals surface area contributed by atoms with Gasteiger partial charge < -0.3 is 9.80 Å². The molecule has 130 valence electrons. The number of urea groups is 1. The predicted molar refractivity (Wildman–Crippen MR) is 86.9 cm³/mol. The van der Waals surface area contributed by atoms with Gasteiger partial charge in [-0.3, -0.25) is 14.5 Å². The van der Waals surface area contributed by atoms with E-state index >= 15 is 0 Å². The third-order valence-corrected chi connectivity index (χ3v) is 4.24. The third kappa shape index (κ3) is 4.03. The number of hydrogen-bond donors (Lipinski definition) is 0. The van der Waals surface area contributed by atoms with E-state index in [1.165, 1.54) is 21.9 Å². The Balaban J connectivity index is 1.84. The minimum absolute atomic E-state index is 0.0641. The predicted octanol–water partition coefficient (Wildman–Crippen LogP) is 2.11. The zero-order chi connectivity index (χ0) is 17.9. The van der Waals surface area contributed by atoms with Gasteiger partial charge in [-0.05, 0) is 18.6 Å². The van der Waals surface area contributed by atoms with Crippen LogP contribution in [0.4, 0.5) is 9.18 Å². The summed E-state index contributed by atoms with van der Waals surface area (Å²) >= 11 is 5.95. The largest absolute Gasteiger partial charge is 0.341 e. The van der Waals surface area contributed by atoms with Crippen molar-refractivity contribution in [1.82, 2.24) is 14.7 Å². The van der Waals surface area contributed by atoms with E-state index in [-0.39, 0.29) is 54.5 Å². The Bertz CT molecular complexity index is 648. The Hall–Kier alpha value is -2.15. The lowest BCUT2D eigenvalue weighted by atomic mass is 10.2. The van der Waals surface area contributed by atoms with Crippen molar-refractivity contribution in [1.29, 1.82) is 0 Å². The summed E-state index contributed by atoms with van der Waals surface area (Å²) in [5.74, 6) is -0.929. The average molecular weight is 356 g/mol. The highest BCUT2D eigenvalue weighted by molar-refractivity contribution is 6.31. The molecule has 1 aliphatic rings. The van der Waals surface area contributed by atoms with Crippen molar-refractivity contribution in [3.05, 3.63) is 34.6 Å². The van der Waals surface area contributed by atoms with Crippen LogP contribution >= 0.6 is 11.6 Å². The Morgan fingerprint density at radius 1 is 1.38 bits per heavy atom. The van der Waals surface area contributed by atoms with Gasteiger partial charge in [0.15, 0.2) is 0 Å². The lowest BCUT2D eigenvalue weighted by molar-refractivity contribution is -0.131. The first-order valence-corrected chi connectivity index (χ1v) is 7.91. The molecule has 0 aromatic heterocycles. The topological polar surface area (TPSA) is 60.9 Å². The molecule has 8 heteroatoms. The zero-order valence-electron chi connectivity index (χ0n) is 13.6. The molecule has 0 N–H and O–H groups in total. The summed E-state index contributed by atoms with van der Waals surface area (Å²) in [5, 5.41) is 0.269. The molecule has 0 spiro atoms. The van der Waals surface area contributed by atoms with Crippen LogP contribution in [0.15, 0.2) is 18.2 Å². The van der Waals surface area contributed by atoms with Gasteiger partial charge in [-0.15, -0.1) is 0 Å². The van der Waals surface area contributed by atoms with Crippen LogP contribution in [0.3, 0.4) is 0 Å². The molecule has 24 heavy (non-hydrogen) atoms. The molecule has 4 amide bonds. The fraction of sp³-hybridized carbons (Fsp3) is 0.438. The minimum atomic E-state index is -0.460. The summed E-state index contributed by atoms with van der Waals surface area (Å²) in [4.78, 5) is 39.3. The summed E-state index contributed by atoms with van der Waals surface area (Å²) in [6.45, 7) is 0.329. The SMILES string of the molecule is CN(Cc1c(F)cccc1Cl)C(=O)CCCN1C(=O)CN(C)C1=O. The number of likely N-dealkylation sites (N-methyl/N-ethyl adjacent to an activating group) is 1. The molecule has 1 aromatic carbocycles. The van der Waals surface area contributed by atoms with Gasteiger partial charge in [-0.2, -0.15) is 0 Å². The molecule has 1 fully saturated rings. The molecule has 6 nitrogen and oxygen atoms in total. The van der Waals surface area contributed by atoms with Gasteiger partial charge in [-0.1, -0.05) is 17.7 Å². The minimum Gasteiger partial charge on any atom is -0.341 e. The molecular formula is C16H19ClFN3O3. The van der Waals surface area contributed by atoms with Crippen LogP contribution in [0.5, 0.6) is 0 Å². The second-order valence-electron chi connectivity index (χ2n) is 5.74. The quantitative estimate of drug-likeness (QED) is 0.734. The summed E-state index contributed by atoms with van der Waals surface area (Å²) in [6, 6.07) is 4.02. The number of amides is 4. The van der Waals surface area contributed by atoms with Crippen LogP contribution in [0, 0.1) is 5.82 Å². The number of benzene rings is 1. The van der Waals surface area contributed by atoms with Crippen LogP contribution < -0.4 is 0 Å². The van der Waals surface area contributed by atoms with Crippen molar-refractivity contribution < 1.29 is 18.8 Å². The van der Waals surface area contributed by atoms with Crippen molar-refractivity contribution in [3.63, 3.8) is 0 Å². The average Bonchev–Trinajstić information content (AvgIpc) is 2.76. The van der Waals surface area contributed by atoms with Crippen molar-refractivity contribution in [3.8, 4) is 0 Å². The maximum absolute atomic E-state index is 13.7. The first-order chi connectivity index (χ1) is 11.3. The van der Waals surface area contributed by atoms with Crippen molar-refractivity contribution in [2.75, 3.05) is 27.2 Å². The van der Waals surface area contributed by atoms with E-state index in [0.717, 1.165) is 4.90 Å². The van der Waals surface area contributed by atoms with E-state index in [9.17, 15) is 18.8 Å². The lowest BCUT2D eigenvalue weighted by Gasteiger charge is -2.19. The number of carbonyl (C=O) groups excluding carboxylic acids is 3. The molecule has 0 radical (unpaired) electrons. The molecule has 1 aliphatic heterocycles. The van der Waals surface area contributed by atoms with Gasteiger partial charge in [0, 0.05) is 44.2 Å². The zero-order valence-corrected chi connectivity index (χ0v) is 14.3. The number of hydrogen-bond acceptors (Lipinski definition) is 3. The smallest absolute Gasteiger partial charge is 0.326 e. The number of rotatable bonds is 6. The number of nitrogens with zero attached hydrogens (tertiary/aromatic N) is 3. The summed E-state index contributed by atoms with van der Waals surface area (Å²) in [5.41, 5.74) is 0.265. The normalized spacial score (nSPS) is 14.5. The van der Waals surface area contributed by atoms with E-state index < -0.39 is 5.82 Å². The third-order valence-electron chi connectivity index (χ3n) is 3.89. The molecule has 0 unspecified atom stereocenters.